The fourth-order valence-electron chi connectivity index (χ4n) is 2.08. The molecule has 1 fully saturated rings. The number of imide groups is 1. The number of nitrogens with zero attached hydrogens (tertiary/aromatic N) is 2. The van der Waals surface area contributed by atoms with Gasteiger partial charge < -0.3 is 10.1 Å². The zero-order chi connectivity index (χ0) is 18.4. The van der Waals surface area contributed by atoms with E-state index in [9.17, 15) is 27.6 Å². The third-order valence-corrected chi connectivity index (χ3v) is 4.14. The standard InChI is InChI=1S/C12H16F3N5O4S/c13-12(14,15)6-16-9(22)17-8(21)5-25-11-19-18-10(23)20(11)4-7-2-1-3-24-7/h7H,1-6H2,(H,18,23)(H2,16,17,21,22)/t7-/m1/s1. The molecule has 2 rings (SSSR count). The summed E-state index contributed by atoms with van der Waals surface area (Å²) in [7, 11) is 0. The molecule has 0 bridgehead atoms. The number of hydrogen-bond acceptors (Lipinski definition) is 6. The van der Waals surface area contributed by atoms with Gasteiger partial charge in [-0.1, -0.05) is 11.8 Å². The molecule has 1 saturated heterocycles. The summed E-state index contributed by atoms with van der Waals surface area (Å²) in [6.45, 7) is -0.639. The molecule has 1 aromatic rings. The first-order chi connectivity index (χ1) is 11.7. The molecule has 0 radical (unpaired) electrons. The second-order valence-electron chi connectivity index (χ2n) is 5.19. The average molecular weight is 383 g/mol. The van der Waals surface area contributed by atoms with Gasteiger partial charge in [0.15, 0.2) is 5.16 Å². The highest BCUT2D eigenvalue weighted by Crippen LogP contribution is 2.17. The normalized spacial score (nSPS) is 17.5. The van der Waals surface area contributed by atoms with Crippen molar-refractivity contribution in [2.75, 3.05) is 18.9 Å². The number of H-pyrrole nitrogens is 1. The van der Waals surface area contributed by atoms with E-state index in [0.717, 1.165) is 24.6 Å². The Bertz CT molecular complexity index is 668. The van der Waals surface area contributed by atoms with Crippen molar-refractivity contribution in [1.29, 1.82) is 0 Å². The number of alkyl halides is 3. The van der Waals surface area contributed by atoms with Crippen LogP contribution in [0.2, 0.25) is 0 Å². The molecule has 0 spiro atoms. The summed E-state index contributed by atoms with van der Waals surface area (Å²) in [5.41, 5.74) is -0.457. The molecule has 9 nitrogen and oxygen atoms in total. The predicted molar refractivity (Wildman–Crippen MR) is 80.1 cm³/mol. The van der Waals surface area contributed by atoms with Gasteiger partial charge >= 0.3 is 17.9 Å². The molecular formula is C12H16F3N5O4S. The Hall–Kier alpha value is -2.02. The van der Waals surface area contributed by atoms with Crippen molar-refractivity contribution < 1.29 is 27.5 Å². The molecule has 0 aromatic carbocycles. The summed E-state index contributed by atoms with van der Waals surface area (Å²) in [6.07, 6.45) is -2.98. The van der Waals surface area contributed by atoms with Gasteiger partial charge in [-0.15, -0.1) is 5.10 Å². The van der Waals surface area contributed by atoms with Crippen LogP contribution in [0, 0.1) is 0 Å². The number of thioether (sulfide) groups is 1. The van der Waals surface area contributed by atoms with Gasteiger partial charge in [-0.25, -0.2) is 14.7 Å². The number of nitrogens with one attached hydrogen (secondary N) is 3. The minimum atomic E-state index is -4.57. The fraction of sp³-hybridized carbons (Fsp3) is 0.667. The van der Waals surface area contributed by atoms with E-state index in [-0.39, 0.29) is 23.6 Å². The number of aromatic amines is 1. The van der Waals surface area contributed by atoms with Crippen LogP contribution in [0.5, 0.6) is 0 Å². The summed E-state index contributed by atoms with van der Waals surface area (Å²) < 4.78 is 42.6. The second kappa shape index (κ2) is 8.38. The van der Waals surface area contributed by atoms with Gasteiger partial charge in [0, 0.05) is 6.61 Å². The Balaban J connectivity index is 1.81. The maximum Gasteiger partial charge on any atom is 0.405 e. The van der Waals surface area contributed by atoms with Crippen LogP contribution < -0.4 is 16.3 Å². The number of rotatable bonds is 6. The SMILES string of the molecule is O=C(CSc1n[nH]c(=O)n1C[C@H]1CCCO1)NC(=O)NCC(F)(F)F. The number of aromatic nitrogens is 3. The molecule has 140 valence electrons. The van der Waals surface area contributed by atoms with Gasteiger partial charge in [0.05, 0.1) is 18.4 Å². The largest absolute Gasteiger partial charge is 0.405 e. The molecule has 1 aliphatic heterocycles. The molecule has 3 amide bonds. The van der Waals surface area contributed by atoms with Gasteiger partial charge in [0.1, 0.15) is 6.54 Å². The van der Waals surface area contributed by atoms with E-state index in [4.69, 9.17) is 4.74 Å². The van der Waals surface area contributed by atoms with E-state index in [1.54, 1.807) is 5.32 Å². The average Bonchev–Trinajstić information content (AvgIpc) is 3.14. The smallest absolute Gasteiger partial charge is 0.376 e. The summed E-state index contributed by atoms with van der Waals surface area (Å²) in [5.74, 6) is -1.11. The molecule has 0 aliphatic carbocycles. The Labute approximate surface area is 143 Å². The molecule has 1 atom stereocenters. The first-order valence-electron chi connectivity index (χ1n) is 7.28. The Morgan fingerprint density at radius 2 is 2.20 bits per heavy atom. The van der Waals surface area contributed by atoms with E-state index in [0.29, 0.717) is 6.61 Å². The summed E-state index contributed by atoms with van der Waals surface area (Å²) in [6, 6.07) is -1.25. The molecule has 13 heteroatoms. The summed E-state index contributed by atoms with van der Waals surface area (Å²) >= 11 is 0.876. The van der Waals surface area contributed by atoms with Gasteiger partial charge in [-0.05, 0) is 12.8 Å². The van der Waals surface area contributed by atoms with E-state index in [1.165, 1.54) is 9.88 Å². The first-order valence-corrected chi connectivity index (χ1v) is 8.27. The molecule has 0 unspecified atom stereocenters. The Morgan fingerprint density at radius 3 is 2.84 bits per heavy atom. The number of urea groups is 1. The third kappa shape index (κ3) is 6.42. The number of ether oxygens (including phenoxy) is 1. The van der Waals surface area contributed by atoms with Crippen LogP contribution in [-0.2, 0) is 16.1 Å². The molecule has 1 aromatic heterocycles. The molecule has 1 aliphatic rings. The summed E-state index contributed by atoms with van der Waals surface area (Å²) in [4.78, 5) is 34.5. The second-order valence-corrected chi connectivity index (χ2v) is 6.13. The van der Waals surface area contributed by atoms with E-state index < -0.39 is 30.3 Å². The minimum Gasteiger partial charge on any atom is -0.376 e. The number of carbonyl (C=O) groups excluding carboxylic acids is 2. The maximum absolute atomic E-state index is 12.0. The van der Waals surface area contributed by atoms with Crippen LogP contribution in [0.4, 0.5) is 18.0 Å². The van der Waals surface area contributed by atoms with Crippen LogP contribution in [0.1, 0.15) is 12.8 Å². The van der Waals surface area contributed by atoms with Crippen LogP contribution >= 0.6 is 11.8 Å². The van der Waals surface area contributed by atoms with Crippen LogP contribution in [-0.4, -0.2) is 57.9 Å². The van der Waals surface area contributed by atoms with Crippen molar-refractivity contribution in [3.05, 3.63) is 10.5 Å². The first kappa shape index (κ1) is 19.3. The van der Waals surface area contributed by atoms with Gasteiger partial charge in [0.2, 0.25) is 5.91 Å². The molecule has 3 N–H and O–H groups in total. The van der Waals surface area contributed by atoms with Crippen molar-refractivity contribution in [3.63, 3.8) is 0 Å². The lowest BCUT2D eigenvalue weighted by Crippen LogP contribution is -2.44. The van der Waals surface area contributed by atoms with Crippen molar-refractivity contribution in [1.82, 2.24) is 25.4 Å². The number of carbonyl (C=O) groups is 2. The third-order valence-electron chi connectivity index (χ3n) is 3.17. The van der Waals surface area contributed by atoms with Gasteiger partial charge in [-0.2, -0.15) is 13.2 Å². The predicted octanol–water partition coefficient (Wildman–Crippen LogP) is 0.231. The summed E-state index contributed by atoms with van der Waals surface area (Å²) in [5, 5.41) is 9.55. The number of amides is 3. The lowest BCUT2D eigenvalue weighted by molar-refractivity contribution is -0.124. The molecule has 25 heavy (non-hydrogen) atoms. The lowest BCUT2D eigenvalue weighted by Gasteiger charge is -2.11. The highest BCUT2D eigenvalue weighted by atomic mass is 32.2. The van der Waals surface area contributed by atoms with E-state index in [1.807, 2.05) is 0 Å². The topological polar surface area (TPSA) is 118 Å². The van der Waals surface area contributed by atoms with Crippen LogP contribution in [0.3, 0.4) is 0 Å². The van der Waals surface area contributed by atoms with Gasteiger partial charge in [-0.3, -0.25) is 14.7 Å². The van der Waals surface area contributed by atoms with Crippen molar-refractivity contribution >= 4 is 23.7 Å². The monoisotopic (exact) mass is 383 g/mol. The zero-order valence-electron chi connectivity index (χ0n) is 12.9. The van der Waals surface area contributed by atoms with Crippen molar-refractivity contribution in [2.24, 2.45) is 0 Å². The van der Waals surface area contributed by atoms with E-state index in [2.05, 4.69) is 10.2 Å². The number of hydrogen-bond donors (Lipinski definition) is 3. The van der Waals surface area contributed by atoms with Crippen molar-refractivity contribution in [3.8, 4) is 0 Å². The molecule has 2 heterocycles. The number of halogens is 3. The van der Waals surface area contributed by atoms with Crippen LogP contribution in [0.25, 0.3) is 0 Å². The van der Waals surface area contributed by atoms with E-state index >= 15 is 0 Å². The molecular weight excluding hydrogens is 367 g/mol. The van der Waals surface area contributed by atoms with Crippen LogP contribution in [0.15, 0.2) is 9.95 Å². The highest BCUT2D eigenvalue weighted by molar-refractivity contribution is 7.99. The Morgan fingerprint density at radius 1 is 1.44 bits per heavy atom. The van der Waals surface area contributed by atoms with Crippen molar-refractivity contribution in [2.45, 2.75) is 36.8 Å². The zero-order valence-corrected chi connectivity index (χ0v) is 13.7. The quantitative estimate of drug-likeness (QED) is 0.606. The lowest BCUT2D eigenvalue weighted by atomic mass is 10.2. The molecule has 0 saturated carbocycles. The maximum atomic E-state index is 12.0. The fourth-order valence-corrected chi connectivity index (χ4v) is 2.84. The minimum absolute atomic E-state index is 0.114. The Kier molecular flexibility index (Phi) is 6.47. The van der Waals surface area contributed by atoms with Gasteiger partial charge in [0.25, 0.3) is 0 Å². The highest BCUT2D eigenvalue weighted by Gasteiger charge is 2.28.